The number of benzene rings is 3. The lowest BCUT2D eigenvalue weighted by Crippen LogP contribution is -2.22. The van der Waals surface area contributed by atoms with Crippen molar-refractivity contribution in [1.29, 1.82) is 5.26 Å². The van der Waals surface area contributed by atoms with E-state index in [0.29, 0.717) is 53.2 Å². The second kappa shape index (κ2) is 9.47. The number of carboxylic acids is 1. The van der Waals surface area contributed by atoms with Crippen molar-refractivity contribution >= 4 is 28.5 Å². The van der Waals surface area contributed by atoms with Crippen molar-refractivity contribution in [2.75, 3.05) is 19.8 Å². The lowest BCUT2D eigenvalue weighted by Gasteiger charge is -2.19. The summed E-state index contributed by atoms with van der Waals surface area (Å²) >= 11 is 6.91. The van der Waals surface area contributed by atoms with Gasteiger partial charge in [0.2, 0.25) is 0 Å². The van der Waals surface area contributed by atoms with Gasteiger partial charge in [-0.3, -0.25) is 4.79 Å². The first-order valence-electron chi connectivity index (χ1n) is 12.2. The van der Waals surface area contributed by atoms with E-state index >= 15 is 0 Å². The third kappa shape index (κ3) is 4.18. The number of fused-ring (bicyclic) bond motifs is 3. The maximum atomic E-state index is 10.9. The Labute approximate surface area is 218 Å². The lowest BCUT2D eigenvalue weighted by molar-refractivity contribution is -0.136. The quantitative estimate of drug-likeness (QED) is 0.319. The smallest absolute Gasteiger partial charge is 0.304 e. The Balaban J connectivity index is 1.38. The van der Waals surface area contributed by atoms with Crippen LogP contribution < -0.4 is 14.8 Å². The van der Waals surface area contributed by atoms with Gasteiger partial charge in [0, 0.05) is 29.1 Å². The Morgan fingerprint density at radius 1 is 1.11 bits per heavy atom. The molecule has 0 saturated heterocycles. The summed E-state index contributed by atoms with van der Waals surface area (Å²) < 4.78 is 17.6. The molecule has 37 heavy (non-hydrogen) atoms. The molecular weight excluding hydrogens is 492 g/mol. The number of nitrogens with zero attached hydrogens (tertiary/aromatic N) is 1. The zero-order valence-corrected chi connectivity index (χ0v) is 20.6. The lowest BCUT2D eigenvalue weighted by atomic mass is 9.99. The first-order valence-corrected chi connectivity index (χ1v) is 12.5. The van der Waals surface area contributed by atoms with Crippen LogP contribution in [0.2, 0.25) is 5.02 Å². The molecule has 0 amide bonds. The molecule has 8 heteroatoms. The summed E-state index contributed by atoms with van der Waals surface area (Å²) in [6, 6.07) is 17.8. The van der Waals surface area contributed by atoms with Crippen molar-refractivity contribution in [3.63, 3.8) is 0 Å². The molecule has 186 valence electrons. The molecular formula is C29H23ClN2O5. The third-order valence-electron chi connectivity index (χ3n) is 6.97. The van der Waals surface area contributed by atoms with Gasteiger partial charge in [0.1, 0.15) is 25.0 Å². The Morgan fingerprint density at radius 3 is 2.73 bits per heavy atom. The summed E-state index contributed by atoms with van der Waals surface area (Å²) in [5.74, 6) is 1.14. The van der Waals surface area contributed by atoms with Crippen LogP contribution >= 0.6 is 11.6 Å². The highest BCUT2D eigenvalue weighted by atomic mass is 35.5. The molecule has 2 aliphatic rings. The molecule has 2 heterocycles. The molecule has 6 rings (SSSR count). The minimum absolute atomic E-state index is 0.00585. The number of halogens is 1. The average Bonchev–Trinajstić information content (AvgIpc) is 3.51. The molecule has 0 fully saturated rings. The predicted octanol–water partition coefficient (Wildman–Crippen LogP) is 6.11. The number of carbonyl (C=O) groups is 1. The Kier molecular flexibility index (Phi) is 5.99. The van der Waals surface area contributed by atoms with Crippen LogP contribution in [0.4, 0.5) is 0 Å². The Hall–Kier alpha value is -3.99. The summed E-state index contributed by atoms with van der Waals surface area (Å²) in [7, 11) is 0. The number of nitrogens with one attached hydrogen (secondary N) is 1. The van der Waals surface area contributed by atoms with Crippen molar-refractivity contribution < 1.29 is 23.8 Å². The molecule has 1 atom stereocenters. The van der Waals surface area contributed by atoms with Crippen molar-refractivity contribution in [3.8, 4) is 40.0 Å². The maximum Gasteiger partial charge on any atom is 0.304 e. The number of hydrogen-bond donors (Lipinski definition) is 2. The van der Waals surface area contributed by atoms with Gasteiger partial charge in [-0.1, -0.05) is 29.8 Å². The van der Waals surface area contributed by atoms with Gasteiger partial charge in [-0.15, -0.1) is 0 Å². The second-order valence-electron chi connectivity index (χ2n) is 9.17. The third-order valence-corrected chi connectivity index (χ3v) is 7.37. The molecule has 0 radical (unpaired) electrons. The molecule has 0 bridgehead atoms. The van der Waals surface area contributed by atoms with Crippen LogP contribution in [0.25, 0.3) is 33.4 Å². The molecule has 0 unspecified atom stereocenters. The zero-order chi connectivity index (χ0) is 25.5. The molecule has 0 saturated carbocycles. The van der Waals surface area contributed by atoms with E-state index in [1.54, 1.807) is 0 Å². The average molecular weight is 515 g/mol. The van der Waals surface area contributed by atoms with Crippen molar-refractivity contribution in [1.82, 2.24) is 5.32 Å². The summed E-state index contributed by atoms with van der Waals surface area (Å²) in [4.78, 5) is 10.9. The summed E-state index contributed by atoms with van der Waals surface area (Å²) in [5.41, 5.74) is 5.52. The van der Waals surface area contributed by atoms with E-state index in [4.69, 9.17) is 30.6 Å². The zero-order valence-electron chi connectivity index (χ0n) is 19.8. The molecule has 1 aliphatic carbocycles. The Morgan fingerprint density at radius 2 is 1.92 bits per heavy atom. The number of hydrogen-bond acceptors (Lipinski definition) is 6. The van der Waals surface area contributed by atoms with Gasteiger partial charge in [0.05, 0.1) is 17.0 Å². The molecule has 4 aromatic rings. The topological polar surface area (TPSA) is 105 Å². The summed E-state index contributed by atoms with van der Waals surface area (Å²) in [6.45, 7) is 1.41. The highest BCUT2D eigenvalue weighted by Gasteiger charge is 2.28. The number of carboxylic acid groups (broad SMARTS) is 1. The highest BCUT2D eigenvalue weighted by Crippen LogP contribution is 2.44. The highest BCUT2D eigenvalue weighted by molar-refractivity contribution is 6.36. The minimum atomic E-state index is -0.839. The molecule has 2 N–H and O–H groups in total. The van der Waals surface area contributed by atoms with Gasteiger partial charge in [-0.25, -0.2) is 0 Å². The van der Waals surface area contributed by atoms with Crippen molar-refractivity contribution in [2.45, 2.75) is 25.3 Å². The molecule has 1 aromatic heterocycles. The number of nitriles is 1. The van der Waals surface area contributed by atoms with Crippen LogP contribution in [0.5, 0.6) is 11.5 Å². The van der Waals surface area contributed by atoms with Gasteiger partial charge in [0.25, 0.3) is 0 Å². The van der Waals surface area contributed by atoms with E-state index in [0.717, 1.165) is 46.0 Å². The van der Waals surface area contributed by atoms with E-state index < -0.39 is 5.97 Å². The fourth-order valence-electron chi connectivity index (χ4n) is 5.24. The molecule has 0 spiro atoms. The van der Waals surface area contributed by atoms with E-state index in [-0.39, 0.29) is 12.5 Å². The van der Waals surface area contributed by atoms with Gasteiger partial charge < -0.3 is 24.3 Å². The van der Waals surface area contributed by atoms with Gasteiger partial charge >= 0.3 is 5.97 Å². The number of rotatable bonds is 6. The van der Waals surface area contributed by atoms with Crippen LogP contribution in [0.3, 0.4) is 0 Å². The van der Waals surface area contributed by atoms with Crippen LogP contribution in [-0.4, -0.2) is 30.8 Å². The van der Waals surface area contributed by atoms with E-state index in [9.17, 15) is 10.1 Å². The molecule has 7 nitrogen and oxygen atoms in total. The minimum Gasteiger partial charge on any atom is -0.486 e. The first-order chi connectivity index (χ1) is 18.0. The van der Waals surface area contributed by atoms with E-state index in [1.165, 1.54) is 0 Å². The standard InChI is InChI=1S/C29H23ClN2O5/c30-28-18(16-4-7-24-26(13-16)36-11-10-35-24)2-1-3-20(28)25-14-17-12-21-19(22(15-31)29(17)37-25)5-6-23(21)32-9-8-27(33)34/h1-4,7,12-14,23,32H,5-6,8-11H2,(H,33,34)/t23-/m1/s1. The van der Waals surface area contributed by atoms with Crippen LogP contribution in [-0.2, 0) is 11.2 Å². The van der Waals surface area contributed by atoms with Crippen LogP contribution in [0.1, 0.15) is 35.6 Å². The fraction of sp³-hybridized carbons (Fsp3) is 0.241. The summed E-state index contributed by atoms with van der Waals surface area (Å²) in [6.07, 6.45) is 1.59. The van der Waals surface area contributed by atoms with Crippen LogP contribution in [0.15, 0.2) is 52.9 Å². The van der Waals surface area contributed by atoms with Crippen molar-refractivity contribution in [2.24, 2.45) is 0 Å². The van der Waals surface area contributed by atoms with Crippen LogP contribution in [0, 0.1) is 11.3 Å². The number of furan rings is 1. The van der Waals surface area contributed by atoms with Crippen molar-refractivity contribution in [3.05, 3.63) is 70.2 Å². The van der Waals surface area contributed by atoms with Gasteiger partial charge in [-0.05, 0) is 59.9 Å². The summed E-state index contributed by atoms with van der Waals surface area (Å²) in [5, 5.41) is 23.6. The SMILES string of the molecule is N#Cc1c2c(cc3cc(-c4cccc(-c5ccc6c(c5)OCCO6)c4Cl)oc13)[C@H](NCCC(=O)O)CC2. The monoisotopic (exact) mass is 514 g/mol. The number of aliphatic carboxylic acids is 1. The largest absolute Gasteiger partial charge is 0.486 e. The van der Waals surface area contributed by atoms with E-state index in [2.05, 4.69) is 11.4 Å². The van der Waals surface area contributed by atoms with E-state index in [1.807, 2.05) is 48.5 Å². The second-order valence-corrected chi connectivity index (χ2v) is 9.55. The van der Waals surface area contributed by atoms with Gasteiger partial charge in [0.15, 0.2) is 17.1 Å². The first kappa shape index (κ1) is 23.4. The molecule has 1 aliphatic heterocycles. The maximum absolute atomic E-state index is 10.9. The Bertz CT molecular complexity index is 1590. The fourth-order valence-corrected chi connectivity index (χ4v) is 5.57. The molecule has 3 aromatic carbocycles. The predicted molar refractivity (Wildman–Crippen MR) is 139 cm³/mol. The normalized spacial score (nSPS) is 15.9. The van der Waals surface area contributed by atoms with Gasteiger partial charge in [-0.2, -0.15) is 5.26 Å². The number of ether oxygens (including phenoxy) is 2.